The number of rotatable bonds is 5. The van der Waals surface area contributed by atoms with Crippen molar-refractivity contribution >= 4 is 22.8 Å². The van der Waals surface area contributed by atoms with Crippen molar-refractivity contribution in [3.8, 4) is 0 Å². The summed E-state index contributed by atoms with van der Waals surface area (Å²) >= 11 is 0. The first-order valence-corrected chi connectivity index (χ1v) is 6.04. The number of fused-ring (bicyclic) bond motifs is 1. The van der Waals surface area contributed by atoms with E-state index in [0.717, 1.165) is 23.8 Å². The molecule has 2 aromatic heterocycles. The molecule has 1 saturated carbocycles. The molecule has 0 bridgehead atoms. The van der Waals surface area contributed by atoms with Gasteiger partial charge in [-0.3, -0.25) is 4.79 Å². The lowest BCUT2D eigenvalue weighted by atomic mass is 10.1. The molecule has 5 nitrogen and oxygen atoms in total. The Hall–Kier alpha value is -2.04. The molecule has 2 aromatic rings. The van der Waals surface area contributed by atoms with E-state index in [4.69, 9.17) is 9.52 Å². The number of carbonyl (C=O) groups is 1. The van der Waals surface area contributed by atoms with Crippen molar-refractivity contribution in [2.45, 2.75) is 25.3 Å². The van der Waals surface area contributed by atoms with Gasteiger partial charge in [0.05, 0.1) is 18.1 Å². The maximum absolute atomic E-state index is 10.9. The van der Waals surface area contributed by atoms with Gasteiger partial charge in [-0.15, -0.1) is 0 Å². The minimum absolute atomic E-state index is 0.0458. The summed E-state index contributed by atoms with van der Waals surface area (Å²) in [5.41, 5.74) is 0.761. The van der Waals surface area contributed by atoms with Crippen molar-refractivity contribution in [2.24, 2.45) is 5.92 Å². The van der Waals surface area contributed by atoms with Gasteiger partial charge in [-0.25, -0.2) is 4.98 Å². The number of carboxylic acid groups (broad SMARTS) is 1. The Balaban J connectivity index is 1.85. The van der Waals surface area contributed by atoms with Gasteiger partial charge in [0.1, 0.15) is 11.4 Å². The van der Waals surface area contributed by atoms with Crippen LogP contribution in [0.1, 0.15) is 19.3 Å². The predicted molar refractivity (Wildman–Crippen MR) is 66.4 cm³/mol. The van der Waals surface area contributed by atoms with E-state index in [9.17, 15) is 4.79 Å². The number of anilines is 1. The van der Waals surface area contributed by atoms with Gasteiger partial charge in [0.15, 0.2) is 0 Å². The second kappa shape index (κ2) is 4.33. The van der Waals surface area contributed by atoms with Gasteiger partial charge in [0, 0.05) is 12.2 Å². The molecule has 0 aliphatic heterocycles. The summed E-state index contributed by atoms with van der Waals surface area (Å²) < 4.78 is 5.30. The zero-order valence-corrected chi connectivity index (χ0v) is 9.80. The van der Waals surface area contributed by atoms with E-state index < -0.39 is 5.97 Å². The van der Waals surface area contributed by atoms with Crippen molar-refractivity contribution in [2.75, 3.05) is 5.32 Å². The number of aliphatic carboxylic acids is 1. The highest BCUT2D eigenvalue weighted by Crippen LogP contribution is 2.36. The summed E-state index contributed by atoms with van der Waals surface area (Å²) in [4.78, 5) is 15.1. The van der Waals surface area contributed by atoms with E-state index in [-0.39, 0.29) is 12.5 Å². The van der Waals surface area contributed by atoms with Crippen molar-refractivity contribution in [1.29, 1.82) is 0 Å². The monoisotopic (exact) mass is 246 g/mol. The fraction of sp³-hybridized carbons (Fsp3) is 0.385. The van der Waals surface area contributed by atoms with E-state index >= 15 is 0 Å². The Kier molecular flexibility index (Phi) is 2.66. The number of nitrogens with one attached hydrogen (secondary N) is 1. The molecule has 1 atom stereocenters. The van der Waals surface area contributed by atoms with E-state index in [2.05, 4.69) is 10.3 Å². The van der Waals surface area contributed by atoms with Gasteiger partial charge in [0.25, 0.3) is 0 Å². The van der Waals surface area contributed by atoms with Crippen molar-refractivity contribution in [3.63, 3.8) is 0 Å². The molecule has 0 amide bonds. The van der Waals surface area contributed by atoms with Gasteiger partial charge in [-0.1, -0.05) is 0 Å². The zero-order chi connectivity index (χ0) is 12.5. The molecule has 1 unspecified atom stereocenters. The van der Waals surface area contributed by atoms with Crippen molar-refractivity contribution in [1.82, 2.24) is 4.98 Å². The third kappa shape index (κ3) is 2.16. The Morgan fingerprint density at radius 3 is 3.11 bits per heavy atom. The Morgan fingerprint density at radius 1 is 1.56 bits per heavy atom. The van der Waals surface area contributed by atoms with Gasteiger partial charge < -0.3 is 14.8 Å². The van der Waals surface area contributed by atoms with Crippen LogP contribution >= 0.6 is 0 Å². The molecule has 0 spiro atoms. The molecule has 0 saturated heterocycles. The van der Waals surface area contributed by atoms with E-state index in [0.29, 0.717) is 11.7 Å². The standard InChI is InChI=1S/C13H14N2O3/c16-12(17)7-10(8-1-2-8)15-13-9-4-6-18-11(9)3-5-14-13/h3-6,8,10H,1-2,7H2,(H,14,15)(H,16,17). The second-order valence-electron chi connectivity index (χ2n) is 4.68. The number of pyridine rings is 1. The highest BCUT2D eigenvalue weighted by Gasteiger charge is 2.33. The first-order valence-electron chi connectivity index (χ1n) is 6.04. The average Bonchev–Trinajstić information content (AvgIpc) is 3.06. The van der Waals surface area contributed by atoms with Crippen LogP contribution in [-0.4, -0.2) is 22.1 Å². The van der Waals surface area contributed by atoms with Crippen LogP contribution in [0, 0.1) is 5.92 Å². The van der Waals surface area contributed by atoms with Gasteiger partial charge >= 0.3 is 5.97 Å². The van der Waals surface area contributed by atoms with Crippen LogP contribution in [0.25, 0.3) is 11.0 Å². The van der Waals surface area contributed by atoms with Gasteiger partial charge in [-0.2, -0.15) is 0 Å². The SMILES string of the molecule is O=C(O)CC(Nc1nccc2occc12)C1CC1. The van der Waals surface area contributed by atoms with Gasteiger partial charge in [-0.05, 0) is 30.9 Å². The van der Waals surface area contributed by atoms with Crippen molar-refractivity contribution in [3.05, 3.63) is 24.6 Å². The molecule has 3 rings (SSSR count). The lowest BCUT2D eigenvalue weighted by Gasteiger charge is -2.17. The van der Waals surface area contributed by atoms with Crippen LogP contribution in [0.15, 0.2) is 29.0 Å². The second-order valence-corrected chi connectivity index (χ2v) is 4.68. The van der Waals surface area contributed by atoms with Crippen LogP contribution in [0.5, 0.6) is 0 Å². The van der Waals surface area contributed by atoms with E-state index in [1.807, 2.05) is 6.07 Å². The lowest BCUT2D eigenvalue weighted by molar-refractivity contribution is -0.137. The van der Waals surface area contributed by atoms with Crippen LogP contribution in [-0.2, 0) is 4.79 Å². The first-order chi connectivity index (χ1) is 8.74. The number of nitrogens with zero attached hydrogens (tertiary/aromatic N) is 1. The van der Waals surface area contributed by atoms with Crippen LogP contribution < -0.4 is 5.32 Å². The third-order valence-electron chi connectivity index (χ3n) is 3.29. The fourth-order valence-corrected chi connectivity index (χ4v) is 2.21. The largest absolute Gasteiger partial charge is 0.481 e. The van der Waals surface area contributed by atoms with E-state index in [1.54, 1.807) is 18.5 Å². The third-order valence-corrected chi connectivity index (χ3v) is 3.29. The summed E-state index contributed by atoms with van der Waals surface area (Å²) in [6.07, 6.45) is 5.58. The molecule has 2 N–H and O–H groups in total. The Labute approximate surface area is 104 Å². The molecular formula is C13H14N2O3. The maximum atomic E-state index is 10.9. The number of aromatic nitrogens is 1. The van der Waals surface area contributed by atoms with Gasteiger partial charge in [0.2, 0.25) is 0 Å². The smallest absolute Gasteiger partial charge is 0.305 e. The summed E-state index contributed by atoms with van der Waals surface area (Å²) in [7, 11) is 0. The lowest BCUT2D eigenvalue weighted by Crippen LogP contribution is -2.25. The number of furan rings is 1. The van der Waals surface area contributed by atoms with Crippen LogP contribution in [0.4, 0.5) is 5.82 Å². The topological polar surface area (TPSA) is 75.4 Å². The molecular weight excluding hydrogens is 232 g/mol. The van der Waals surface area contributed by atoms with Crippen LogP contribution in [0.3, 0.4) is 0 Å². The summed E-state index contributed by atoms with van der Waals surface area (Å²) in [5, 5.41) is 13.1. The quantitative estimate of drug-likeness (QED) is 0.847. The number of carboxylic acids is 1. The highest BCUT2D eigenvalue weighted by molar-refractivity contribution is 5.88. The fourth-order valence-electron chi connectivity index (χ4n) is 2.21. The summed E-state index contributed by atoms with van der Waals surface area (Å²) in [6, 6.07) is 3.59. The summed E-state index contributed by atoms with van der Waals surface area (Å²) in [5.74, 6) is 0.378. The normalized spacial score (nSPS) is 16.7. The molecule has 0 aromatic carbocycles. The molecule has 18 heavy (non-hydrogen) atoms. The number of hydrogen-bond donors (Lipinski definition) is 2. The molecule has 1 aliphatic rings. The first kappa shape index (κ1) is 11.1. The Bertz CT molecular complexity index is 574. The average molecular weight is 246 g/mol. The maximum Gasteiger partial charge on any atom is 0.305 e. The minimum Gasteiger partial charge on any atom is -0.481 e. The summed E-state index contributed by atoms with van der Waals surface area (Å²) in [6.45, 7) is 0. The Morgan fingerprint density at radius 2 is 2.39 bits per heavy atom. The highest BCUT2D eigenvalue weighted by atomic mass is 16.4. The molecule has 2 heterocycles. The molecule has 1 aliphatic carbocycles. The zero-order valence-electron chi connectivity index (χ0n) is 9.80. The predicted octanol–water partition coefficient (Wildman–Crippen LogP) is 2.49. The molecule has 0 radical (unpaired) electrons. The van der Waals surface area contributed by atoms with Crippen molar-refractivity contribution < 1.29 is 14.3 Å². The molecule has 94 valence electrons. The minimum atomic E-state index is -0.779. The molecule has 1 fully saturated rings. The number of hydrogen-bond acceptors (Lipinski definition) is 4. The van der Waals surface area contributed by atoms with Crippen LogP contribution in [0.2, 0.25) is 0 Å². The molecule has 5 heteroatoms. The van der Waals surface area contributed by atoms with E-state index in [1.165, 1.54) is 0 Å².